The molecule has 2 aromatic rings. The van der Waals surface area contributed by atoms with Crippen LogP contribution in [0.2, 0.25) is 10.0 Å². The van der Waals surface area contributed by atoms with Crippen LogP contribution in [-0.4, -0.2) is 11.6 Å². The zero-order valence-corrected chi connectivity index (χ0v) is 10.7. The summed E-state index contributed by atoms with van der Waals surface area (Å²) in [6, 6.07) is 4.36. The minimum atomic E-state index is -3.15. The highest BCUT2D eigenvalue weighted by Gasteiger charge is 2.17. The quantitative estimate of drug-likeness (QED) is 0.813. The third-order valence-electron chi connectivity index (χ3n) is 2.23. The van der Waals surface area contributed by atoms with Crippen LogP contribution < -0.4 is 4.74 Å². The third kappa shape index (κ3) is 3.30. The molecule has 2 nitrogen and oxygen atoms in total. The van der Waals surface area contributed by atoms with Gasteiger partial charge in [-0.2, -0.15) is 8.78 Å². The van der Waals surface area contributed by atoms with Crippen LogP contribution in [-0.2, 0) is 0 Å². The number of alkyl halides is 2. The molecular weight excluding hydrogens is 302 g/mol. The van der Waals surface area contributed by atoms with Crippen LogP contribution >= 0.6 is 23.2 Å². The Hall–Kier alpha value is -1.46. The second-order valence-electron chi connectivity index (χ2n) is 3.53. The van der Waals surface area contributed by atoms with Gasteiger partial charge < -0.3 is 4.74 Å². The molecule has 0 amide bonds. The first-order chi connectivity index (χ1) is 8.97. The number of rotatable bonds is 3. The van der Waals surface area contributed by atoms with Crippen molar-refractivity contribution in [1.29, 1.82) is 0 Å². The molecule has 0 saturated carbocycles. The highest BCUT2D eigenvalue weighted by molar-refractivity contribution is 6.35. The molecule has 19 heavy (non-hydrogen) atoms. The van der Waals surface area contributed by atoms with E-state index in [1.54, 1.807) is 0 Å². The van der Waals surface area contributed by atoms with Gasteiger partial charge in [0, 0.05) is 21.8 Å². The van der Waals surface area contributed by atoms with Crippen LogP contribution in [0, 0.1) is 5.82 Å². The molecule has 0 aliphatic carbocycles. The van der Waals surface area contributed by atoms with E-state index >= 15 is 0 Å². The van der Waals surface area contributed by atoms with Gasteiger partial charge in [-0.05, 0) is 23.8 Å². The van der Waals surface area contributed by atoms with Crippen LogP contribution in [0.25, 0.3) is 11.1 Å². The number of halogens is 5. The van der Waals surface area contributed by atoms with E-state index in [1.165, 1.54) is 24.4 Å². The van der Waals surface area contributed by atoms with Gasteiger partial charge in [-0.25, -0.2) is 4.39 Å². The van der Waals surface area contributed by atoms with Crippen LogP contribution in [0.4, 0.5) is 13.2 Å². The van der Waals surface area contributed by atoms with Gasteiger partial charge in [-0.3, -0.25) is 4.98 Å². The summed E-state index contributed by atoms with van der Waals surface area (Å²) < 4.78 is 42.3. The van der Waals surface area contributed by atoms with Crippen molar-refractivity contribution in [2.45, 2.75) is 6.61 Å². The topological polar surface area (TPSA) is 22.1 Å². The zero-order valence-electron chi connectivity index (χ0n) is 9.21. The first-order valence-corrected chi connectivity index (χ1v) is 5.77. The number of aromatic nitrogens is 1. The SMILES string of the molecule is Fc1cncc(-c2cc(Cl)cc(Cl)c2)c1OC(F)F. The Morgan fingerprint density at radius 1 is 1.05 bits per heavy atom. The number of hydrogen-bond acceptors (Lipinski definition) is 2. The Balaban J connectivity index is 2.57. The molecule has 7 heteroatoms. The molecule has 1 aromatic carbocycles. The molecule has 0 atom stereocenters. The van der Waals surface area contributed by atoms with Gasteiger partial charge in [-0.1, -0.05) is 23.2 Å². The van der Waals surface area contributed by atoms with Gasteiger partial charge in [0.25, 0.3) is 0 Å². The molecule has 2 rings (SSSR count). The molecule has 100 valence electrons. The van der Waals surface area contributed by atoms with Crippen LogP contribution in [0.5, 0.6) is 5.75 Å². The maximum Gasteiger partial charge on any atom is 0.387 e. The van der Waals surface area contributed by atoms with E-state index in [9.17, 15) is 13.2 Å². The predicted molar refractivity (Wildman–Crippen MR) is 66.3 cm³/mol. The van der Waals surface area contributed by atoms with Crippen molar-refractivity contribution in [2.24, 2.45) is 0 Å². The summed E-state index contributed by atoms with van der Waals surface area (Å²) in [4.78, 5) is 3.60. The lowest BCUT2D eigenvalue weighted by molar-refractivity contribution is -0.0518. The summed E-state index contributed by atoms with van der Waals surface area (Å²) in [5.41, 5.74) is 0.379. The molecule has 0 fully saturated rings. The van der Waals surface area contributed by atoms with E-state index in [1.807, 2.05) is 0 Å². The summed E-state index contributed by atoms with van der Waals surface area (Å²) in [5.74, 6) is -1.59. The van der Waals surface area contributed by atoms with Gasteiger partial charge in [0.15, 0.2) is 11.6 Å². The number of nitrogens with zero attached hydrogens (tertiary/aromatic N) is 1. The maximum absolute atomic E-state index is 13.5. The van der Waals surface area contributed by atoms with Crippen molar-refractivity contribution in [3.8, 4) is 16.9 Å². The number of pyridine rings is 1. The minimum Gasteiger partial charge on any atom is -0.431 e. The average molecular weight is 308 g/mol. The van der Waals surface area contributed by atoms with E-state index in [4.69, 9.17) is 23.2 Å². The summed E-state index contributed by atoms with van der Waals surface area (Å²) in [6.45, 7) is -3.15. The van der Waals surface area contributed by atoms with Crippen molar-refractivity contribution in [3.63, 3.8) is 0 Å². The Bertz CT molecular complexity index is 587. The standard InChI is InChI=1S/C12H6Cl2F3NO/c13-7-1-6(2-8(14)3-7)9-4-18-5-10(15)11(9)19-12(16)17/h1-5,12H. The van der Waals surface area contributed by atoms with Crippen molar-refractivity contribution in [3.05, 3.63) is 46.5 Å². The Labute approximate surface area is 116 Å². The van der Waals surface area contributed by atoms with Gasteiger partial charge >= 0.3 is 6.61 Å². The normalized spacial score (nSPS) is 10.8. The van der Waals surface area contributed by atoms with Gasteiger partial charge in [0.05, 0.1) is 6.20 Å². The average Bonchev–Trinajstić information content (AvgIpc) is 2.30. The summed E-state index contributed by atoms with van der Waals surface area (Å²) >= 11 is 11.6. The fourth-order valence-corrected chi connectivity index (χ4v) is 2.07. The van der Waals surface area contributed by atoms with E-state index in [2.05, 4.69) is 9.72 Å². The van der Waals surface area contributed by atoms with Gasteiger partial charge in [0.2, 0.25) is 0 Å². The molecule has 0 bridgehead atoms. The molecule has 0 spiro atoms. The first-order valence-electron chi connectivity index (χ1n) is 5.02. The molecule has 1 aromatic heterocycles. The minimum absolute atomic E-state index is 0.0460. The van der Waals surface area contributed by atoms with Crippen LogP contribution in [0.15, 0.2) is 30.6 Å². The second kappa shape index (κ2) is 5.67. The fourth-order valence-electron chi connectivity index (χ4n) is 1.55. The molecule has 1 heterocycles. The largest absolute Gasteiger partial charge is 0.431 e. The Kier molecular flexibility index (Phi) is 4.17. The Morgan fingerprint density at radius 2 is 1.68 bits per heavy atom. The number of benzene rings is 1. The monoisotopic (exact) mass is 307 g/mol. The highest BCUT2D eigenvalue weighted by atomic mass is 35.5. The summed E-state index contributed by atoms with van der Waals surface area (Å²) in [6.07, 6.45) is 1.98. The summed E-state index contributed by atoms with van der Waals surface area (Å²) in [7, 11) is 0. The highest BCUT2D eigenvalue weighted by Crippen LogP contribution is 2.35. The zero-order chi connectivity index (χ0) is 14.0. The smallest absolute Gasteiger partial charge is 0.387 e. The van der Waals surface area contributed by atoms with E-state index in [0.29, 0.717) is 5.56 Å². The second-order valence-corrected chi connectivity index (χ2v) is 4.41. The van der Waals surface area contributed by atoms with E-state index < -0.39 is 18.2 Å². The van der Waals surface area contributed by atoms with Crippen molar-refractivity contribution < 1.29 is 17.9 Å². The molecule has 0 aliphatic heterocycles. The van der Waals surface area contributed by atoms with Gasteiger partial charge in [-0.15, -0.1) is 0 Å². The molecule has 0 radical (unpaired) electrons. The molecular formula is C12H6Cl2F3NO. The first kappa shape index (κ1) is 14.0. The lowest BCUT2D eigenvalue weighted by Gasteiger charge is -2.11. The molecule has 0 aliphatic rings. The molecule has 0 N–H and O–H groups in total. The number of ether oxygens (including phenoxy) is 1. The molecule has 0 saturated heterocycles. The summed E-state index contributed by atoms with van der Waals surface area (Å²) in [5, 5.41) is 0.574. The van der Waals surface area contributed by atoms with Crippen molar-refractivity contribution in [1.82, 2.24) is 4.98 Å². The van der Waals surface area contributed by atoms with E-state index in [0.717, 1.165) is 6.20 Å². The Morgan fingerprint density at radius 3 is 2.26 bits per heavy atom. The predicted octanol–water partition coefficient (Wildman–Crippen LogP) is 4.80. The lowest BCUT2D eigenvalue weighted by atomic mass is 10.1. The van der Waals surface area contributed by atoms with Gasteiger partial charge in [0.1, 0.15) is 0 Å². The van der Waals surface area contributed by atoms with Crippen molar-refractivity contribution in [2.75, 3.05) is 0 Å². The lowest BCUT2D eigenvalue weighted by Crippen LogP contribution is -2.05. The van der Waals surface area contributed by atoms with Crippen molar-refractivity contribution >= 4 is 23.2 Å². The number of hydrogen-bond donors (Lipinski definition) is 0. The van der Waals surface area contributed by atoms with E-state index in [-0.39, 0.29) is 15.6 Å². The fraction of sp³-hybridized carbons (Fsp3) is 0.0833. The molecule has 0 unspecified atom stereocenters. The van der Waals surface area contributed by atoms with Crippen LogP contribution in [0.3, 0.4) is 0 Å². The third-order valence-corrected chi connectivity index (χ3v) is 2.67. The van der Waals surface area contributed by atoms with Crippen LogP contribution in [0.1, 0.15) is 0 Å². The maximum atomic E-state index is 13.5.